The van der Waals surface area contributed by atoms with E-state index in [1.54, 1.807) is 48.5 Å². The smallest absolute Gasteiger partial charge is 0.337 e. The number of carbonyl (C=O) groups excluding carboxylic acids is 3. The maximum atomic E-state index is 13.3. The second-order valence-electron chi connectivity index (χ2n) is 8.40. The third kappa shape index (κ3) is 5.00. The topological polar surface area (TPSA) is 93.1 Å². The Hall–Kier alpha value is -4.39. The van der Waals surface area contributed by atoms with Crippen LogP contribution in [0, 0.1) is 0 Å². The molecule has 0 aromatic heterocycles. The lowest BCUT2D eigenvalue weighted by atomic mass is 9.94. The molecule has 184 valence electrons. The Morgan fingerprint density at radius 3 is 2.33 bits per heavy atom. The lowest BCUT2D eigenvalue weighted by molar-refractivity contribution is -0.140. The number of hydrogen-bond donors (Lipinski definition) is 1. The summed E-state index contributed by atoms with van der Waals surface area (Å²) in [6.07, 6.45) is 0.822. The Bertz CT molecular complexity index is 1300. The van der Waals surface area contributed by atoms with Gasteiger partial charge >= 0.3 is 5.97 Å². The number of Topliss-reactive ketones (excluding diaryl/α,β-unsaturated/α-hetero) is 1. The Labute approximate surface area is 209 Å². The summed E-state index contributed by atoms with van der Waals surface area (Å²) in [4.78, 5) is 39.8. The number of ether oxygens (including phenoxy) is 2. The lowest BCUT2D eigenvalue weighted by Gasteiger charge is -2.25. The number of ketones is 1. The highest BCUT2D eigenvalue weighted by Crippen LogP contribution is 2.40. The first-order valence-electron chi connectivity index (χ1n) is 11.7. The molecule has 0 saturated carbocycles. The second-order valence-corrected chi connectivity index (χ2v) is 8.40. The fraction of sp³-hybridized carbons (Fsp3) is 0.207. The largest absolute Gasteiger partial charge is 0.507 e. The van der Waals surface area contributed by atoms with Crippen LogP contribution in [-0.4, -0.2) is 41.4 Å². The first-order valence-corrected chi connectivity index (χ1v) is 11.7. The number of carbonyl (C=O) groups is 3. The van der Waals surface area contributed by atoms with Gasteiger partial charge < -0.3 is 19.5 Å². The quantitative estimate of drug-likeness (QED) is 0.212. The molecule has 0 radical (unpaired) electrons. The van der Waals surface area contributed by atoms with Crippen molar-refractivity contribution in [2.24, 2.45) is 0 Å². The third-order valence-electron chi connectivity index (χ3n) is 5.96. The van der Waals surface area contributed by atoms with Crippen LogP contribution < -0.4 is 4.74 Å². The monoisotopic (exact) mass is 485 g/mol. The molecule has 1 amide bonds. The Morgan fingerprint density at radius 2 is 1.67 bits per heavy atom. The van der Waals surface area contributed by atoms with Gasteiger partial charge in [-0.3, -0.25) is 9.59 Å². The Balaban J connectivity index is 1.82. The average molecular weight is 486 g/mol. The number of benzene rings is 3. The van der Waals surface area contributed by atoms with Crippen molar-refractivity contribution in [1.82, 2.24) is 4.90 Å². The van der Waals surface area contributed by atoms with Crippen molar-refractivity contribution in [3.8, 4) is 5.75 Å². The first-order chi connectivity index (χ1) is 17.4. The normalized spacial score (nSPS) is 16.7. The van der Waals surface area contributed by atoms with Crippen molar-refractivity contribution >= 4 is 23.4 Å². The number of amides is 1. The number of aliphatic hydroxyl groups excluding tert-OH is 1. The van der Waals surface area contributed by atoms with Gasteiger partial charge in [-0.15, -0.1) is 0 Å². The van der Waals surface area contributed by atoms with Crippen molar-refractivity contribution in [1.29, 1.82) is 0 Å². The number of esters is 1. The summed E-state index contributed by atoms with van der Waals surface area (Å²) >= 11 is 0. The minimum Gasteiger partial charge on any atom is -0.507 e. The molecule has 7 nitrogen and oxygen atoms in total. The molecule has 1 fully saturated rings. The van der Waals surface area contributed by atoms with Gasteiger partial charge in [0.25, 0.3) is 11.7 Å². The van der Waals surface area contributed by atoms with E-state index in [0.717, 1.165) is 12.0 Å². The molecule has 0 bridgehead atoms. The number of aliphatic hydroxyl groups is 1. The Kier molecular flexibility index (Phi) is 7.49. The van der Waals surface area contributed by atoms with Crippen LogP contribution in [0.2, 0.25) is 0 Å². The van der Waals surface area contributed by atoms with Crippen LogP contribution in [-0.2, 0) is 20.9 Å². The van der Waals surface area contributed by atoms with Crippen LogP contribution >= 0.6 is 0 Å². The summed E-state index contributed by atoms with van der Waals surface area (Å²) in [5.74, 6) is -1.71. The summed E-state index contributed by atoms with van der Waals surface area (Å²) in [6.45, 7) is 2.67. The molecule has 0 aliphatic carbocycles. The van der Waals surface area contributed by atoms with Crippen LogP contribution in [0.25, 0.3) is 5.76 Å². The van der Waals surface area contributed by atoms with Gasteiger partial charge in [-0.1, -0.05) is 61.5 Å². The Morgan fingerprint density at radius 1 is 0.944 bits per heavy atom. The summed E-state index contributed by atoms with van der Waals surface area (Å²) in [6, 6.07) is 21.7. The van der Waals surface area contributed by atoms with Gasteiger partial charge in [-0.05, 0) is 41.8 Å². The van der Waals surface area contributed by atoms with Crippen LogP contribution in [0.4, 0.5) is 0 Å². The molecule has 1 heterocycles. The van der Waals surface area contributed by atoms with E-state index in [1.165, 1.54) is 12.0 Å². The molecule has 1 atom stereocenters. The highest BCUT2D eigenvalue weighted by molar-refractivity contribution is 6.46. The van der Waals surface area contributed by atoms with Crippen molar-refractivity contribution < 1.29 is 29.0 Å². The molecule has 1 aliphatic rings. The zero-order valence-electron chi connectivity index (χ0n) is 20.1. The summed E-state index contributed by atoms with van der Waals surface area (Å²) in [5, 5.41) is 11.3. The molecule has 36 heavy (non-hydrogen) atoms. The molecule has 3 aromatic rings. The van der Waals surface area contributed by atoms with Gasteiger partial charge in [-0.2, -0.15) is 0 Å². The maximum Gasteiger partial charge on any atom is 0.337 e. The molecule has 0 spiro atoms. The SMILES string of the molecule is CCCOc1cccc(/C(O)=C2\C(=O)C(=O)N(Cc3ccccc3)C2c2ccc(C(=O)OC)cc2)c1. The van der Waals surface area contributed by atoms with Crippen molar-refractivity contribution in [3.63, 3.8) is 0 Å². The zero-order chi connectivity index (χ0) is 25.7. The van der Waals surface area contributed by atoms with Crippen molar-refractivity contribution in [2.75, 3.05) is 13.7 Å². The van der Waals surface area contributed by atoms with E-state index < -0.39 is 23.7 Å². The van der Waals surface area contributed by atoms with E-state index in [4.69, 9.17) is 9.47 Å². The summed E-state index contributed by atoms with van der Waals surface area (Å²) in [5.41, 5.74) is 2.11. The minimum absolute atomic E-state index is 0.0191. The molecule has 1 saturated heterocycles. The predicted molar refractivity (Wildman–Crippen MR) is 134 cm³/mol. The number of hydrogen-bond acceptors (Lipinski definition) is 6. The van der Waals surface area contributed by atoms with E-state index in [-0.39, 0.29) is 17.9 Å². The van der Waals surface area contributed by atoms with E-state index in [1.807, 2.05) is 37.3 Å². The van der Waals surface area contributed by atoms with E-state index >= 15 is 0 Å². The van der Waals surface area contributed by atoms with Gasteiger partial charge in [0.2, 0.25) is 0 Å². The van der Waals surface area contributed by atoms with Crippen LogP contribution in [0.15, 0.2) is 84.4 Å². The molecule has 7 heteroatoms. The molecule has 4 rings (SSSR count). The van der Waals surface area contributed by atoms with Gasteiger partial charge in [0.15, 0.2) is 0 Å². The predicted octanol–water partition coefficient (Wildman–Crippen LogP) is 4.88. The summed E-state index contributed by atoms with van der Waals surface area (Å²) < 4.78 is 10.4. The molecule has 1 unspecified atom stereocenters. The molecular formula is C29H27NO6. The minimum atomic E-state index is -0.850. The third-order valence-corrected chi connectivity index (χ3v) is 5.96. The molecule has 1 N–H and O–H groups in total. The number of rotatable bonds is 8. The molecular weight excluding hydrogens is 458 g/mol. The number of likely N-dealkylation sites (tertiary alicyclic amines) is 1. The zero-order valence-corrected chi connectivity index (χ0v) is 20.1. The van der Waals surface area contributed by atoms with Crippen LogP contribution in [0.3, 0.4) is 0 Å². The fourth-order valence-electron chi connectivity index (χ4n) is 4.20. The van der Waals surface area contributed by atoms with Crippen LogP contribution in [0.5, 0.6) is 5.75 Å². The van der Waals surface area contributed by atoms with Crippen LogP contribution in [0.1, 0.15) is 46.4 Å². The average Bonchev–Trinajstić information content (AvgIpc) is 3.16. The highest BCUT2D eigenvalue weighted by atomic mass is 16.5. The maximum absolute atomic E-state index is 13.3. The molecule has 1 aliphatic heterocycles. The summed E-state index contributed by atoms with van der Waals surface area (Å²) in [7, 11) is 1.30. The highest BCUT2D eigenvalue weighted by Gasteiger charge is 2.46. The lowest BCUT2D eigenvalue weighted by Crippen LogP contribution is -2.29. The standard InChI is InChI=1S/C29H27NO6/c1-3-16-36-23-11-7-10-22(17-23)26(31)24-25(20-12-14-21(15-13-20)29(34)35-2)30(28(33)27(24)32)18-19-8-5-4-6-9-19/h4-15,17,25,31H,3,16,18H2,1-2H3/b26-24+. The van der Waals surface area contributed by atoms with E-state index in [2.05, 4.69) is 0 Å². The molecule has 3 aromatic carbocycles. The second kappa shape index (κ2) is 10.9. The van der Waals surface area contributed by atoms with Gasteiger partial charge in [-0.25, -0.2) is 4.79 Å². The number of nitrogens with zero attached hydrogens (tertiary/aromatic N) is 1. The fourth-order valence-corrected chi connectivity index (χ4v) is 4.20. The van der Waals surface area contributed by atoms with Crippen molar-refractivity contribution in [2.45, 2.75) is 25.9 Å². The van der Waals surface area contributed by atoms with Gasteiger partial charge in [0, 0.05) is 12.1 Å². The van der Waals surface area contributed by atoms with E-state index in [9.17, 15) is 19.5 Å². The number of methoxy groups -OCH3 is 1. The van der Waals surface area contributed by atoms with Gasteiger partial charge in [0.05, 0.1) is 30.9 Å². The van der Waals surface area contributed by atoms with Crippen molar-refractivity contribution in [3.05, 3.63) is 107 Å². The van der Waals surface area contributed by atoms with Gasteiger partial charge in [0.1, 0.15) is 11.5 Å². The van der Waals surface area contributed by atoms with E-state index in [0.29, 0.717) is 29.0 Å². The first kappa shape index (κ1) is 24.7.